The Balaban J connectivity index is 2.65. The summed E-state index contributed by atoms with van der Waals surface area (Å²) in [6.07, 6.45) is 24.2. The number of ether oxygens (including phenoxy) is 2. The first kappa shape index (κ1) is 60.9. The fraction of sp³-hybridized carbons (Fsp3) is 0.673. The lowest BCUT2D eigenvalue weighted by Gasteiger charge is -2.41. The molecule has 17 heteroatoms. The highest BCUT2D eigenvalue weighted by Gasteiger charge is 2.51. The second-order valence-corrected chi connectivity index (χ2v) is 17.9. The summed E-state index contributed by atoms with van der Waals surface area (Å²) in [5, 5.41) is 80.7. The van der Waals surface area contributed by atoms with Gasteiger partial charge in [0.1, 0.15) is 43.2 Å². The third-order valence-corrected chi connectivity index (χ3v) is 11.6. The van der Waals surface area contributed by atoms with Crippen molar-refractivity contribution in [2.45, 2.75) is 197 Å². The van der Waals surface area contributed by atoms with Gasteiger partial charge in [-0.25, -0.2) is 4.57 Å². The SMILES string of the molecule is CCCCCCCC/C=C\C/C=C\C/C=C\CCCC(=O)O[C@H](COC(=O)CCC[C@@H](O)[C@H](O)/C=C/C=C/C=C\C=C\[C@H](O)CCCCC)COP(=O)(O)OC1[C@H](O)[C@H](O)C(O)[C@H](O)[C@H]1O. The van der Waals surface area contributed by atoms with Gasteiger partial charge in [0, 0.05) is 12.8 Å². The lowest BCUT2D eigenvalue weighted by atomic mass is 9.85. The number of esters is 2. The zero-order chi connectivity index (χ0) is 49.0. The Bertz CT molecular complexity index is 1530. The van der Waals surface area contributed by atoms with Gasteiger partial charge in [-0.2, -0.15) is 0 Å². The number of hydrogen-bond donors (Lipinski definition) is 9. The number of unbranched alkanes of at least 4 members (excludes halogenated alkanes) is 9. The van der Waals surface area contributed by atoms with Crippen molar-refractivity contribution in [2.75, 3.05) is 13.2 Å². The van der Waals surface area contributed by atoms with Crippen LogP contribution >= 0.6 is 7.82 Å². The van der Waals surface area contributed by atoms with Crippen LogP contribution in [0.15, 0.2) is 85.1 Å². The Morgan fingerprint density at radius 1 is 0.576 bits per heavy atom. The van der Waals surface area contributed by atoms with Crippen molar-refractivity contribution >= 4 is 19.8 Å². The van der Waals surface area contributed by atoms with E-state index < -0.39 is 94.0 Å². The van der Waals surface area contributed by atoms with E-state index in [1.165, 1.54) is 44.6 Å². The van der Waals surface area contributed by atoms with Crippen LogP contribution in [0.5, 0.6) is 0 Å². The highest BCUT2D eigenvalue weighted by Crippen LogP contribution is 2.47. The minimum absolute atomic E-state index is 0.0306. The Morgan fingerprint density at radius 3 is 1.73 bits per heavy atom. The number of allylic oxidation sites excluding steroid dienone is 12. The summed E-state index contributed by atoms with van der Waals surface area (Å²) in [6.45, 7) is 2.84. The van der Waals surface area contributed by atoms with Crippen molar-refractivity contribution in [3.63, 3.8) is 0 Å². The molecule has 1 fully saturated rings. The molecule has 0 saturated heterocycles. The summed E-state index contributed by atoms with van der Waals surface area (Å²) in [5.74, 6) is -1.50. The summed E-state index contributed by atoms with van der Waals surface area (Å²) < 4.78 is 33.2. The predicted molar refractivity (Wildman–Crippen MR) is 253 cm³/mol. The molecule has 11 atom stereocenters. The molecule has 1 aliphatic rings. The summed E-state index contributed by atoms with van der Waals surface area (Å²) in [6, 6.07) is 0. The molecule has 1 saturated carbocycles. The van der Waals surface area contributed by atoms with Gasteiger partial charge < -0.3 is 55.2 Å². The topological polar surface area (TPSA) is 270 Å². The van der Waals surface area contributed by atoms with E-state index in [1.807, 2.05) is 12.2 Å². The molecule has 0 aliphatic heterocycles. The van der Waals surface area contributed by atoms with E-state index in [0.29, 0.717) is 19.3 Å². The fourth-order valence-corrected chi connectivity index (χ4v) is 7.54. The van der Waals surface area contributed by atoms with Crippen LogP contribution in [0.3, 0.4) is 0 Å². The van der Waals surface area contributed by atoms with Gasteiger partial charge in [0.15, 0.2) is 6.10 Å². The molecule has 16 nitrogen and oxygen atoms in total. The molecule has 1 rings (SSSR count). The summed E-state index contributed by atoms with van der Waals surface area (Å²) in [7, 11) is -5.22. The van der Waals surface area contributed by atoms with E-state index in [0.717, 1.165) is 38.5 Å². The summed E-state index contributed by atoms with van der Waals surface area (Å²) in [5.41, 5.74) is 0. The van der Waals surface area contributed by atoms with Gasteiger partial charge in [-0.3, -0.25) is 18.6 Å². The first-order valence-electron chi connectivity index (χ1n) is 23.7. The van der Waals surface area contributed by atoms with Crippen LogP contribution in [0.1, 0.15) is 136 Å². The second kappa shape index (κ2) is 37.8. The zero-order valence-electron chi connectivity index (χ0n) is 39.0. The van der Waals surface area contributed by atoms with Crippen LogP contribution in [-0.4, -0.2) is 132 Å². The first-order chi connectivity index (χ1) is 31.6. The molecule has 0 amide bonds. The molecule has 66 heavy (non-hydrogen) atoms. The lowest BCUT2D eigenvalue weighted by Crippen LogP contribution is -2.64. The van der Waals surface area contributed by atoms with Crippen molar-refractivity contribution in [1.82, 2.24) is 0 Å². The van der Waals surface area contributed by atoms with Gasteiger partial charge in [0.05, 0.1) is 24.9 Å². The third kappa shape index (κ3) is 29.6. The van der Waals surface area contributed by atoms with E-state index in [2.05, 4.69) is 38.2 Å². The Kier molecular flexibility index (Phi) is 34.9. The van der Waals surface area contributed by atoms with E-state index in [4.69, 9.17) is 18.5 Å². The molecular weight excluding hydrogens is 875 g/mol. The molecule has 378 valence electrons. The highest BCUT2D eigenvalue weighted by atomic mass is 31.2. The van der Waals surface area contributed by atoms with E-state index in [1.54, 1.807) is 42.5 Å². The van der Waals surface area contributed by atoms with Gasteiger partial charge >= 0.3 is 19.8 Å². The number of rotatable bonds is 37. The zero-order valence-corrected chi connectivity index (χ0v) is 39.9. The van der Waals surface area contributed by atoms with Crippen LogP contribution in [-0.2, 0) is 32.7 Å². The lowest BCUT2D eigenvalue weighted by molar-refractivity contribution is -0.220. The average Bonchev–Trinajstić information content (AvgIpc) is 3.29. The van der Waals surface area contributed by atoms with Crippen LogP contribution in [0.4, 0.5) is 0 Å². The molecule has 0 bridgehead atoms. The number of aliphatic hydroxyl groups excluding tert-OH is 8. The normalized spacial score (nSPS) is 23.5. The van der Waals surface area contributed by atoms with Crippen molar-refractivity contribution in [1.29, 1.82) is 0 Å². The van der Waals surface area contributed by atoms with Gasteiger partial charge in [-0.1, -0.05) is 150 Å². The first-order valence-corrected chi connectivity index (χ1v) is 25.2. The van der Waals surface area contributed by atoms with E-state index in [-0.39, 0.29) is 25.7 Å². The van der Waals surface area contributed by atoms with E-state index in [9.17, 15) is 59.9 Å². The highest BCUT2D eigenvalue weighted by molar-refractivity contribution is 7.47. The van der Waals surface area contributed by atoms with Crippen LogP contribution in [0, 0.1) is 0 Å². The van der Waals surface area contributed by atoms with E-state index >= 15 is 0 Å². The maximum Gasteiger partial charge on any atom is 0.472 e. The Hall–Kier alpha value is -3.09. The average molecular weight is 957 g/mol. The molecule has 0 radical (unpaired) electrons. The number of carbonyl (C=O) groups excluding carboxylic acids is 2. The Morgan fingerprint density at radius 2 is 1.09 bits per heavy atom. The monoisotopic (exact) mass is 957 g/mol. The van der Waals surface area contributed by atoms with Crippen LogP contribution in [0.25, 0.3) is 0 Å². The van der Waals surface area contributed by atoms with Crippen LogP contribution in [0.2, 0.25) is 0 Å². The van der Waals surface area contributed by atoms with Crippen molar-refractivity contribution in [3.05, 3.63) is 85.1 Å². The smallest absolute Gasteiger partial charge is 0.462 e. The second-order valence-electron chi connectivity index (χ2n) is 16.5. The van der Waals surface area contributed by atoms with Gasteiger partial charge in [-0.05, 0) is 57.8 Å². The largest absolute Gasteiger partial charge is 0.472 e. The molecule has 9 N–H and O–H groups in total. The molecule has 1 aliphatic carbocycles. The summed E-state index contributed by atoms with van der Waals surface area (Å²) in [4.78, 5) is 35.7. The predicted octanol–water partition coefficient (Wildman–Crippen LogP) is 6.19. The fourth-order valence-electron chi connectivity index (χ4n) is 6.57. The quantitative estimate of drug-likeness (QED) is 0.0110. The van der Waals surface area contributed by atoms with Gasteiger partial charge in [-0.15, -0.1) is 0 Å². The maximum atomic E-state index is 12.8. The molecule has 3 unspecified atom stereocenters. The van der Waals surface area contributed by atoms with Crippen LogP contribution < -0.4 is 0 Å². The molecule has 0 spiro atoms. The molecule has 0 aromatic heterocycles. The minimum atomic E-state index is -5.22. The van der Waals surface area contributed by atoms with Crippen molar-refractivity contribution in [3.8, 4) is 0 Å². The van der Waals surface area contributed by atoms with Gasteiger partial charge in [0.2, 0.25) is 0 Å². The molecule has 0 heterocycles. The standard InChI is InChI=1S/C49H81O16P/c1-3-5-7-8-9-10-11-12-13-14-15-16-17-18-19-24-28-34-43(54)64-39(37-63-66(60,61)65-49-47(58)45(56)44(55)46(57)48(49)59)36-62-42(53)35-29-33-41(52)40(51)32-27-23-21-20-22-26-31-38(50)30-25-6-4-2/h12-13,15-16,18-23,26-27,31-32,38-41,44-52,55-59H,3-11,14,17,24-25,28-30,33-37H2,1-2H3,(H,60,61)/b13-12-,16-15-,19-18-,22-20-,23-21+,31-26+,32-27+/t38-,39-,40-,41-,44?,45-,46+,47-,48-,49?/m1/s1. The van der Waals surface area contributed by atoms with Gasteiger partial charge in [0.25, 0.3) is 0 Å². The molecule has 0 aromatic carbocycles. The number of aliphatic hydroxyl groups is 8. The molecular formula is C49H81O16P. The van der Waals surface area contributed by atoms with Crippen molar-refractivity contribution < 1.29 is 78.4 Å². The third-order valence-electron chi connectivity index (χ3n) is 10.6. The number of phosphoric ester groups is 1. The number of phosphoric acid groups is 1. The molecule has 0 aromatic rings. The maximum absolute atomic E-state index is 12.8. The Labute approximate surface area is 392 Å². The minimum Gasteiger partial charge on any atom is -0.462 e. The number of carbonyl (C=O) groups is 2. The summed E-state index contributed by atoms with van der Waals surface area (Å²) >= 11 is 0. The van der Waals surface area contributed by atoms with Crippen molar-refractivity contribution in [2.24, 2.45) is 0 Å². The number of hydrogen-bond acceptors (Lipinski definition) is 15.